The second-order valence-electron chi connectivity index (χ2n) is 5.31. The van der Waals surface area contributed by atoms with E-state index in [1.807, 2.05) is 12.1 Å². The van der Waals surface area contributed by atoms with Crippen molar-refractivity contribution in [2.75, 3.05) is 20.8 Å². The minimum absolute atomic E-state index is 0.149. The summed E-state index contributed by atoms with van der Waals surface area (Å²) in [5.74, 6) is 0.938. The van der Waals surface area contributed by atoms with Crippen molar-refractivity contribution >= 4 is 12.0 Å². The van der Waals surface area contributed by atoms with Crippen molar-refractivity contribution in [2.24, 2.45) is 0 Å². The molecule has 2 bridgehead atoms. The quantitative estimate of drug-likeness (QED) is 0.837. The van der Waals surface area contributed by atoms with Crippen LogP contribution in [0.25, 0.3) is 0 Å². The number of amides is 2. The van der Waals surface area contributed by atoms with E-state index in [2.05, 4.69) is 5.32 Å². The van der Waals surface area contributed by atoms with Gasteiger partial charge in [-0.05, 0) is 17.7 Å². The monoisotopic (exact) mass is 306 g/mol. The van der Waals surface area contributed by atoms with Gasteiger partial charge in [0.25, 0.3) is 0 Å². The number of nitrogens with one attached hydrogen (secondary N) is 1. The lowest BCUT2D eigenvalue weighted by molar-refractivity contribution is -0.149. The van der Waals surface area contributed by atoms with Crippen LogP contribution >= 0.6 is 0 Å². The smallest absolute Gasteiger partial charge is 0.329 e. The Bertz CT molecular complexity index is 604. The molecule has 2 saturated heterocycles. The summed E-state index contributed by atoms with van der Waals surface area (Å²) in [4.78, 5) is 25.2. The van der Waals surface area contributed by atoms with Crippen molar-refractivity contribution < 1.29 is 23.8 Å². The van der Waals surface area contributed by atoms with Gasteiger partial charge >= 0.3 is 12.0 Å². The minimum atomic E-state index is -0.435. The normalized spacial score (nSPS) is 22.5. The van der Waals surface area contributed by atoms with E-state index in [-0.39, 0.29) is 18.1 Å². The summed E-state index contributed by atoms with van der Waals surface area (Å²) in [6.07, 6.45) is 0.451. The Morgan fingerprint density at radius 1 is 1.36 bits per heavy atom. The van der Waals surface area contributed by atoms with E-state index in [1.54, 1.807) is 20.3 Å². The van der Waals surface area contributed by atoms with Crippen molar-refractivity contribution in [3.05, 3.63) is 23.8 Å². The Labute approximate surface area is 128 Å². The number of urea groups is 1. The van der Waals surface area contributed by atoms with Crippen LogP contribution in [0, 0.1) is 0 Å². The second kappa shape index (κ2) is 5.75. The van der Waals surface area contributed by atoms with Crippen LogP contribution in [0.5, 0.6) is 11.5 Å². The van der Waals surface area contributed by atoms with Crippen molar-refractivity contribution in [3.63, 3.8) is 0 Å². The molecule has 2 atom stereocenters. The number of rotatable bonds is 4. The SMILES string of the molecule is COc1ccc(CNC(=O)N2C[C@@H]3C[C@@H]2C(=O)O3)cc1OC. The van der Waals surface area contributed by atoms with Gasteiger partial charge in [0, 0.05) is 13.0 Å². The van der Waals surface area contributed by atoms with Crippen molar-refractivity contribution in [2.45, 2.75) is 25.1 Å². The zero-order valence-electron chi connectivity index (χ0n) is 12.5. The Hall–Kier alpha value is -2.44. The van der Waals surface area contributed by atoms with Gasteiger partial charge in [-0.25, -0.2) is 9.59 Å². The summed E-state index contributed by atoms with van der Waals surface area (Å²) < 4.78 is 15.5. The molecule has 2 aliphatic rings. The summed E-state index contributed by atoms with van der Waals surface area (Å²) in [5, 5.41) is 2.82. The third kappa shape index (κ3) is 2.54. The number of carbonyl (C=O) groups excluding carboxylic acids is 2. The van der Waals surface area contributed by atoms with E-state index in [0.29, 0.717) is 31.0 Å². The third-order valence-corrected chi connectivity index (χ3v) is 3.97. The topological polar surface area (TPSA) is 77.1 Å². The molecule has 0 spiro atoms. The summed E-state index contributed by atoms with van der Waals surface area (Å²) in [7, 11) is 3.13. The minimum Gasteiger partial charge on any atom is -0.493 e. The molecule has 1 aromatic carbocycles. The molecule has 7 heteroatoms. The Morgan fingerprint density at radius 2 is 2.14 bits per heavy atom. The maximum Gasteiger partial charge on any atom is 0.329 e. The summed E-state index contributed by atoms with van der Waals surface area (Å²) in [5.41, 5.74) is 0.887. The molecule has 2 heterocycles. The molecule has 0 unspecified atom stereocenters. The molecule has 7 nitrogen and oxygen atoms in total. The molecule has 0 saturated carbocycles. The average Bonchev–Trinajstić information content (AvgIpc) is 3.11. The first kappa shape index (κ1) is 14.5. The zero-order chi connectivity index (χ0) is 15.7. The number of benzene rings is 1. The van der Waals surface area contributed by atoms with Crippen LogP contribution in [0.15, 0.2) is 18.2 Å². The molecule has 0 aliphatic carbocycles. The predicted octanol–water partition coefficient (Wildman–Crippen LogP) is 0.913. The van der Waals surface area contributed by atoms with E-state index in [1.165, 1.54) is 4.90 Å². The Morgan fingerprint density at radius 3 is 2.77 bits per heavy atom. The lowest BCUT2D eigenvalue weighted by Gasteiger charge is -2.25. The van der Waals surface area contributed by atoms with Crippen molar-refractivity contribution in [1.29, 1.82) is 0 Å². The van der Waals surface area contributed by atoms with E-state index in [4.69, 9.17) is 14.2 Å². The fraction of sp³-hybridized carbons (Fsp3) is 0.467. The fourth-order valence-electron chi connectivity index (χ4n) is 2.84. The van der Waals surface area contributed by atoms with Gasteiger partial charge in [-0.3, -0.25) is 0 Å². The number of esters is 1. The van der Waals surface area contributed by atoms with Gasteiger partial charge in [-0.2, -0.15) is 0 Å². The number of methoxy groups -OCH3 is 2. The van der Waals surface area contributed by atoms with Crippen LogP contribution in [0.3, 0.4) is 0 Å². The van der Waals surface area contributed by atoms with Gasteiger partial charge in [-0.15, -0.1) is 0 Å². The van der Waals surface area contributed by atoms with Crippen LogP contribution in [0.4, 0.5) is 4.79 Å². The Balaban J connectivity index is 1.61. The average molecular weight is 306 g/mol. The van der Waals surface area contributed by atoms with Crippen LogP contribution in [-0.2, 0) is 16.1 Å². The van der Waals surface area contributed by atoms with Gasteiger partial charge < -0.3 is 24.4 Å². The first-order valence-corrected chi connectivity index (χ1v) is 7.08. The molecule has 2 aliphatic heterocycles. The lowest BCUT2D eigenvalue weighted by Crippen LogP contribution is -2.48. The number of ether oxygens (including phenoxy) is 3. The van der Waals surface area contributed by atoms with Gasteiger partial charge in [0.15, 0.2) is 11.5 Å². The molecule has 0 radical (unpaired) electrons. The number of hydrogen-bond acceptors (Lipinski definition) is 5. The van der Waals surface area contributed by atoms with E-state index >= 15 is 0 Å². The molecule has 118 valence electrons. The van der Waals surface area contributed by atoms with Crippen LogP contribution in [0.1, 0.15) is 12.0 Å². The van der Waals surface area contributed by atoms with Crippen LogP contribution in [0.2, 0.25) is 0 Å². The van der Waals surface area contributed by atoms with Crippen molar-refractivity contribution in [3.8, 4) is 11.5 Å². The number of carbonyl (C=O) groups is 2. The predicted molar refractivity (Wildman–Crippen MR) is 76.8 cm³/mol. The lowest BCUT2D eigenvalue weighted by atomic mass is 10.2. The fourth-order valence-corrected chi connectivity index (χ4v) is 2.84. The number of likely N-dealkylation sites (tertiary alicyclic amines) is 1. The Kier molecular flexibility index (Phi) is 3.79. The molecular formula is C15H18N2O5. The van der Waals surface area contributed by atoms with E-state index < -0.39 is 6.04 Å². The second-order valence-corrected chi connectivity index (χ2v) is 5.31. The van der Waals surface area contributed by atoms with E-state index in [0.717, 1.165) is 5.56 Å². The van der Waals surface area contributed by atoms with Gasteiger partial charge in [-0.1, -0.05) is 6.07 Å². The number of nitrogens with zero attached hydrogens (tertiary/aromatic N) is 1. The number of morpholine rings is 1. The molecule has 3 rings (SSSR count). The number of hydrogen-bond donors (Lipinski definition) is 1. The van der Waals surface area contributed by atoms with E-state index in [9.17, 15) is 9.59 Å². The molecule has 2 amide bonds. The van der Waals surface area contributed by atoms with Gasteiger partial charge in [0.2, 0.25) is 0 Å². The zero-order valence-corrected chi connectivity index (χ0v) is 12.5. The first-order chi connectivity index (χ1) is 10.6. The highest BCUT2D eigenvalue weighted by atomic mass is 16.6. The van der Waals surface area contributed by atoms with Crippen LogP contribution < -0.4 is 14.8 Å². The number of fused-ring (bicyclic) bond motifs is 2. The summed E-state index contributed by atoms with van der Waals surface area (Å²) in [6.45, 7) is 0.816. The first-order valence-electron chi connectivity index (χ1n) is 7.08. The summed E-state index contributed by atoms with van der Waals surface area (Å²) >= 11 is 0. The molecule has 22 heavy (non-hydrogen) atoms. The van der Waals surface area contributed by atoms with Crippen molar-refractivity contribution in [1.82, 2.24) is 10.2 Å². The highest BCUT2D eigenvalue weighted by Crippen LogP contribution is 2.29. The standard InChI is InChI=1S/C15H18N2O5/c1-20-12-4-3-9(5-13(12)21-2)7-16-15(19)17-8-10-6-11(17)14(18)22-10/h3-5,10-11H,6-8H2,1-2H3,(H,16,19)/t10-,11+/m0/s1. The maximum atomic E-state index is 12.2. The molecule has 1 N–H and O–H groups in total. The molecular weight excluding hydrogens is 288 g/mol. The summed E-state index contributed by atoms with van der Waals surface area (Å²) in [6, 6.07) is 4.76. The maximum absolute atomic E-state index is 12.2. The van der Waals surface area contributed by atoms with Gasteiger partial charge in [0.05, 0.1) is 20.8 Å². The van der Waals surface area contributed by atoms with Gasteiger partial charge in [0.1, 0.15) is 12.1 Å². The highest BCUT2D eigenvalue weighted by Gasteiger charge is 2.48. The molecule has 1 aromatic rings. The molecule has 2 fully saturated rings. The highest BCUT2D eigenvalue weighted by molar-refractivity contribution is 5.86. The largest absolute Gasteiger partial charge is 0.493 e. The third-order valence-electron chi connectivity index (χ3n) is 3.97. The molecule has 0 aromatic heterocycles. The van der Waals surface area contributed by atoms with Crippen LogP contribution in [-0.4, -0.2) is 49.8 Å².